The van der Waals surface area contributed by atoms with Crippen LogP contribution in [0.5, 0.6) is 0 Å². The minimum atomic E-state index is -2.06. The van der Waals surface area contributed by atoms with Crippen molar-refractivity contribution in [2.45, 2.75) is 82.6 Å². The van der Waals surface area contributed by atoms with Crippen LogP contribution in [0.1, 0.15) is 34.6 Å². The first-order valence-corrected chi connectivity index (χ1v) is 11.1. The van der Waals surface area contributed by atoms with Crippen LogP contribution in [0.25, 0.3) is 10.4 Å². The van der Waals surface area contributed by atoms with E-state index in [1.807, 2.05) is 0 Å². The van der Waals surface area contributed by atoms with Gasteiger partial charge in [-0.1, -0.05) is 25.9 Å². The van der Waals surface area contributed by atoms with Crippen molar-refractivity contribution in [3.63, 3.8) is 0 Å². The predicted octanol–water partition coefficient (Wildman–Crippen LogP) is 2.93. The monoisotopic (exact) mass is 359 g/mol. The van der Waals surface area contributed by atoms with E-state index in [0.29, 0.717) is 0 Å². The van der Waals surface area contributed by atoms with Crippen molar-refractivity contribution >= 4 is 8.32 Å². The molecule has 0 aliphatic carbocycles. The molecule has 1 unspecified atom stereocenters. The first-order chi connectivity index (χ1) is 10.8. The summed E-state index contributed by atoms with van der Waals surface area (Å²) in [6.07, 6.45) is -1.75. The Kier molecular flexibility index (Phi) is 5.11. The maximum absolute atomic E-state index is 11.0. The maximum atomic E-state index is 11.0. The zero-order valence-corrected chi connectivity index (χ0v) is 16.6. The van der Waals surface area contributed by atoms with Crippen molar-refractivity contribution in [2.75, 3.05) is 13.2 Å². The fourth-order valence-corrected chi connectivity index (χ4v) is 3.68. The highest BCUT2D eigenvalue weighted by molar-refractivity contribution is 6.74. The maximum Gasteiger partial charge on any atom is 0.218 e. The summed E-state index contributed by atoms with van der Waals surface area (Å²) in [7, 11) is -2.06. The SMILES string of the molecule is CC1(C)O[C@@H]2[C@H](CN=[N+]=[N-])OC(O)(CO[Si](C)(C)C(C)(C)C)[C@@H]2O1. The number of aliphatic hydroxyl groups is 1. The van der Waals surface area contributed by atoms with Crippen LogP contribution < -0.4 is 0 Å². The Morgan fingerprint density at radius 2 is 1.88 bits per heavy atom. The molecule has 2 rings (SSSR count). The summed E-state index contributed by atoms with van der Waals surface area (Å²) >= 11 is 0. The molecule has 0 saturated carbocycles. The fourth-order valence-electron chi connectivity index (χ4n) is 2.68. The number of fused-ring (bicyclic) bond motifs is 1. The first-order valence-electron chi connectivity index (χ1n) is 8.22. The average molecular weight is 359 g/mol. The van der Waals surface area contributed by atoms with Gasteiger partial charge in [-0.3, -0.25) is 0 Å². The van der Waals surface area contributed by atoms with Crippen molar-refractivity contribution in [2.24, 2.45) is 5.11 Å². The smallest absolute Gasteiger partial charge is 0.218 e. The molecule has 24 heavy (non-hydrogen) atoms. The van der Waals surface area contributed by atoms with Gasteiger partial charge in [0.2, 0.25) is 5.79 Å². The summed E-state index contributed by atoms with van der Waals surface area (Å²) < 4.78 is 23.6. The van der Waals surface area contributed by atoms with Gasteiger partial charge in [-0.05, 0) is 37.5 Å². The Morgan fingerprint density at radius 1 is 1.25 bits per heavy atom. The molecule has 0 aromatic carbocycles. The molecule has 2 aliphatic rings. The Morgan fingerprint density at radius 3 is 2.42 bits per heavy atom. The molecule has 0 aromatic heterocycles. The standard InChI is InChI=1S/C15H29N3O5Si/c1-13(2,3)24(6,7)20-9-15(19)12-11(22-14(4,5)23-12)10(21-15)8-17-18-16/h10-12,19H,8-9H2,1-7H3/t10-,11+,12+,15?/m0/s1. The molecule has 0 amide bonds. The number of nitrogens with zero attached hydrogens (tertiary/aromatic N) is 3. The van der Waals surface area contributed by atoms with Crippen molar-refractivity contribution < 1.29 is 23.7 Å². The van der Waals surface area contributed by atoms with E-state index in [1.165, 1.54) is 0 Å². The van der Waals surface area contributed by atoms with Gasteiger partial charge in [0.05, 0.1) is 19.3 Å². The Labute approximate surface area is 144 Å². The summed E-state index contributed by atoms with van der Waals surface area (Å²) in [5.41, 5.74) is 8.55. The summed E-state index contributed by atoms with van der Waals surface area (Å²) in [4.78, 5) is 2.76. The van der Waals surface area contributed by atoms with Gasteiger partial charge in [-0.2, -0.15) is 0 Å². The first kappa shape index (κ1) is 19.6. The van der Waals surface area contributed by atoms with E-state index in [4.69, 9.17) is 24.2 Å². The molecule has 138 valence electrons. The number of hydrogen-bond donors (Lipinski definition) is 1. The van der Waals surface area contributed by atoms with E-state index in [2.05, 4.69) is 43.9 Å². The average Bonchev–Trinajstić information content (AvgIpc) is 2.87. The molecule has 8 nitrogen and oxygen atoms in total. The molecule has 4 atom stereocenters. The number of hydrogen-bond acceptors (Lipinski definition) is 6. The Hall–Kier alpha value is -0.673. The lowest BCUT2D eigenvalue weighted by Gasteiger charge is -2.39. The van der Waals surface area contributed by atoms with Crippen LogP contribution in [0, 0.1) is 0 Å². The summed E-state index contributed by atoms with van der Waals surface area (Å²) in [6.45, 7) is 14.2. The summed E-state index contributed by atoms with van der Waals surface area (Å²) in [5.74, 6) is -2.46. The second-order valence-corrected chi connectivity index (χ2v) is 13.3. The molecule has 0 bridgehead atoms. The Balaban J connectivity index is 2.17. The number of azide groups is 1. The van der Waals surface area contributed by atoms with Crippen LogP contribution in [-0.2, 0) is 18.6 Å². The highest BCUT2D eigenvalue weighted by Gasteiger charge is 2.62. The Bertz CT molecular complexity index is 530. The van der Waals surface area contributed by atoms with Crippen LogP contribution in [-0.4, -0.2) is 56.5 Å². The van der Waals surface area contributed by atoms with Crippen molar-refractivity contribution in [1.29, 1.82) is 0 Å². The van der Waals surface area contributed by atoms with Gasteiger partial charge < -0.3 is 23.7 Å². The minimum Gasteiger partial charge on any atom is -0.411 e. The van der Waals surface area contributed by atoms with Crippen molar-refractivity contribution in [3.8, 4) is 0 Å². The van der Waals surface area contributed by atoms with Crippen molar-refractivity contribution in [3.05, 3.63) is 10.4 Å². The highest BCUT2D eigenvalue weighted by atomic mass is 28.4. The largest absolute Gasteiger partial charge is 0.411 e. The lowest BCUT2D eigenvalue weighted by molar-refractivity contribution is -0.281. The van der Waals surface area contributed by atoms with Crippen LogP contribution in [0.15, 0.2) is 5.11 Å². The van der Waals surface area contributed by atoms with E-state index in [9.17, 15) is 5.11 Å². The van der Waals surface area contributed by atoms with Crippen molar-refractivity contribution in [1.82, 2.24) is 0 Å². The van der Waals surface area contributed by atoms with E-state index in [1.54, 1.807) is 13.8 Å². The van der Waals surface area contributed by atoms with Gasteiger partial charge in [-0.25, -0.2) is 0 Å². The zero-order chi connectivity index (χ0) is 18.4. The normalized spacial score (nSPS) is 35.6. The summed E-state index contributed by atoms with van der Waals surface area (Å²) in [5, 5.41) is 14.6. The molecule has 2 aliphatic heterocycles. The number of rotatable bonds is 5. The lowest BCUT2D eigenvalue weighted by atomic mass is 10.1. The van der Waals surface area contributed by atoms with Gasteiger partial charge in [0.1, 0.15) is 12.2 Å². The molecule has 0 radical (unpaired) electrons. The minimum absolute atomic E-state index is 0.00311. The fraction of sp³-hybridized carbons (Fsp3) is 1.00. The second-order valence-electron chi connectivity index (χ2n) is 8.48. The molecular weight excluding hydrogens is 330 g/mol. The van der Waals surface area contributed by atoms with Crippen LogP contribution >= 0.6 is 0 Å². The molecule has 2 fully saturated rings. The van der Waals surface area contributed by atoms with Gasteiger partial charge in [0.15, 0.2) is 14.1 Å². The second kappa shape index (κ2) is 6.24. The third-order valence-corrected chi connectivity index (χ3v) is 9.54. The van der Waals surface area contributed by atoms with E-state index in [0.717, 1.165) is 0 Å². The van der Waals surface area contributed by atoms with Crippen LogP contribution in [0.3, 0.4) is 0 Å². The summed E-state index contributed by atoms with van der Waals surface area (Å²) in [6, 6.07) is 0. The third kappa shape index (κ3) is 3.77. The quantitative estimate of drug-likeness (QED) is 0.351. The van der Waals surface area contributed by atoms with E-state index in [-0.39, 0.29) is 18.2 Å². The predicted molar refractivity (Wildman–Crippen MR) is 90.8 cm³/mol. The lowest BCUT2D eigenvalue weighted by Crippen LogP contribution is -2.51. The van der Waals surface area contributed by atoms with Gasteiger partial charge in [-0.15, -0.1) is 0 Å². The number of ether oxygens (including phenoxy) is 3. The topological polar surface area (TPSA) is 106 Å². The molecule has 2 heterocycles. The van der Waals surface area contributed by atoms with Gasteiger partial charge >= 0.3 is 0 Å². The molecule has 0 aromatic rings. The van der Waals surface area contributed by atoms with Crippen LogP contribution in [0.2, 0.25) is 18.1 Å². The van der Waals surface area contributed by atoms with E-state index < -0.39 is 38.2 Å². The highest BCUT2D eigenvalue weighted by Crippen LogP contribution is 2.44. The van der Waals surface area contributed by atoms with Gasteiger partial charge in [0.25, 0.3) is 0 Å². The molecular formula is C15H29N3O5Si. The van der Waals surface area contributed by atoms with Gasteiger partial charge in [0, 0.05) is 4.91 Å². The van der Waals surface area contributed by atoms with Crippen LogP contribution in [0.4, 0.5) is 0 Å². The molecule has 0 spiro atoms. The third-order valence-electron chi connectivity index (χ3n) is 5.07. The zero-order valence-electron chi connectivity index (χ0n) is 15.6. The molecule has 9 heteroatoms. The van der Waals surface area contributed by atoms with E-state index >= 15 is 0 Å². The molecule has 1 N–H and O–H groups in total. The molecule has 2 saturated heterocycles.